The lowest BCUT2D eigenvalue weighted by Gasteiger charge is -2.34. The van der Waals surface area contributed by atoms with Crippen molar-refractivity contribution in [1.82, 2.24) is 29.8 Å². The van der Waals surface area contributed by atoms with Crippen molar-refractivity contribution in [3.05, 3.63) is 186 Å². The fourth-order valence-electron chi connectivity index (χ4n) is 6.85. The predicted octanol–water partition coefficient (Wildman–Crippen LogP) is 8.78. The lowest BCUT2D eigenvalue weighted by atomic mass is 9.77. The van der Waals surface area contributed by atoms with Gasteiger partial charge in [-0.15, -0.1) is 15.0 Å². The van der Waals surface area contributed by atoms with Crippen LogP contribution in [0, 0.1) is 0 Å². The largest absolute Gasteiger partial charge is 0.477 e. The first kappa shape index (κ1) is 33.1. The molecular formula is C43H38N6O2. The molecule has 0 bridgehead atoms. The molecule has 5 aromatic carbocycles. The summed E-state index contributed by atoms with van der Waals surface area (Å²) in [6.45, 7) is 8.21. The Morgan fingerprint density at radius 1 is 0.745 bits per heavy atom. The molecule has 0 atom stereocenters. The lowest BCUT2D eigenvalue weighted by Crippen LogP contribution is -2.39. The van der Waals surface area contributed by atoms with E-state index in [4.69, 9.17) is 10.3 Å². The van der Waals surface area contributed by atoms with Gasteiger partial charge in [0.05, 0.1) is 5.69 Å². The number of allylic oxidation sites excluding steroid dienone is 1. The zero-order chi connectivity index (χ0) is 35.4. The molecule has 0 aliphatic carbocycles. The smallest absolute Gasteiger partial charge is 0.354 e. The molecule has 51 heavy (non-hydrogen) atoms. The van der Waals surface area contributed by atoms with Gasteiger partial charge in [0.2, 0.25) is 5.82 Å². The molecule has 0 unspecified atom stereocenters. The summed E-state index contributed by atoms with van der Waals surface area (Å²) in [6.07, 6.45) is 1.52. The van der Waals surface area contributed by atoms with Crippen LogP contribution in [0.25, 0.3) is 28.1 Å². The maximum Gasteiger partial charge on any atom is 0.354 e. The van der Waals surface area contributed by atoms with Gasteiger partial charge in [-0.1, -0.05) is 153 Å². The molecule has 1 N–H and O–H groups in total. The Hall–Kier alpha value is -6.41. The van der Waals surface area contributed by atoms with Crippen molar-refractivity contribution < 1.29 is 9.90 Å². The van der Waals surface area contributed by atoms with E-state index in [1.165, 1.54) is 0 Å². The van der Waals surface area contributed by atoms with Crippen LogP contribution in [0.3, 0.4) is 0 Å². The topological polar surface area (TPSA) is 98.7 Å². The predicted molar refractivity (Wildman–Crippen MR) is 200 cm³/mol. The van der Waals surface area contributed by atoms with Gasteiger partial charge < -0.3 is 9.67 Å². The summed E-state index contributed by atoms with van der Waals surface area (Å²) in [5.41, 5.74) is 7.14. The number of tetrazole rings is 1. The number of hydrogen-bond acceptors (Lipinski definition) is 5. The van der Waals surface area contributed by atoms with Crippen LogP contribution < -0.4 is 0 Å². The van der Waals surface area contributed by atoms with Crippen LogP contribution >= 0.6 is 0 Å². The Kier molecular flexibility index (Phi) is 9.22. The summed E-state index contributed by atoms with van der Waals surface area (Å²) in [4.78, 5) is 18.8. The second kappa shape index (κ2) is 14.2. The molecule has 2 heterocycles. The third-order valence-electron chi connectivity index (χ3n) is 9.19. The monoisotopic (exact) mass is 670 g/mol. The van der Waals surface area contributed by atoms with Gasteiger partial charge in [0.15, 0.2) is 11.2 Å². The minimum absolute atomic E-state index is 0.173. The first-order chi connectivity index (χ1) is 24.9. The average molecular weight is 671 g/mol. The van der Waals surface area contributed by atoms with E-state index in [1.54, 1.807) is 16.3 Å². The average Bonchev–Trinajstić information content (AvgIpc) is 3.80. The van der Waals surface area contributed by atoms with E-state index in [1.807, 2.05) is 84.9 Å². The van der Waals surface area contributed by atoms with E-state index < -0.39 is 11.5 Å². The zero-order valence-corrected chi connectivity index (χ0v) is 28.6. The molecule has 0 spiro atoms. The number of carbonyl (C=O) groups is 1. The summed E-state index contributed by atoms with van der Waals surface area (Å²) in [5, 5.41) is 24.7. The number of imidazole rings is 1. The highest BCUT2D eigenvalue weighted by Crippen LogP contribution is 2.40. The van der Waals surface area contributed by atoms with E-state index in [2.05, 4.69) is 78.2 Å². The van der Waals surface area contributed by atoms with Crippen LogP contribution in [0.4, 0.5) is 0 Å². The van der Waals surface area contributed by atoms with Gasteiger partial charge in [-0.05, 0) is 57.5 Å². The van der Waals surface area contributed by atoms with Gasteiger partial charge in [-0.3, -0.25) is 0 Å². The Morgan fingerprint density at radius 3 is 1.78 bits per heavy atom. The van der Waals surface area contributed by atoms with E-state index in [-0.39, 0.29) is 5.69 Å². The molecule has 8 heteroatoms. The van der Waals surface area contributed by atoms with Crippen molar-refractivity contribution in [1.29, 1.82) is 0 Å². The molecule has 7 rings (SSSR count). The molecule has 0 saturated carbocycles. The number of rotatable bonds is 12. The Balaban J connectivity index is 1.29. The standard InChI is InChI=1S/C43H38N6O2/c1-4-16-38-44-39(30(2)3)40(42(50)51)48(38)29-31-25-27-32(28-26-31)36-23-14-15-24-37(36)41-45-47-49(46-41)43(33-17-8-5-9-18-33,34-19-10-6-11-20-34)35-21-12-7-13-22-35/h5-15,17-28H,2,4,16,29H2,1,3H3,(H,50,51). The molecule has 0 amide bonds. The van der Waals surface area contributed by atoms with Crippen LogP contribution in [0.15, 0.2) is 146 Å². The fraction of sp³-hybridized carbons (Fsp3) is 0.140. The van der Waals surface area contributed by atoms with Gasteiger partial charge in [-0.2, -0.15) is 0 Å². The normalized spacial score (nSPS) is 11.4. The molecular weight excluding hydrogens is 633 g/mol. The molecule has 0 radical (unpaired) electrons. The summed E-state index contributed by atoms with van der Waals surface area (Å²) >= 11 is 0. The number of nitrogens with zero attached hydrogens (tertiary/aromatic N) is 6. The third-order valence-corrected chi connectivity index (χ3v) is 9.19. The SMILES string of the molecule is C=C(C)c1nc(CCC)n(Cc2ccc(-c3ccccc3-c3nnn(C(c4ccccc4)(c4ccccc4)c4ccccc4)n3)cc2)c1C(=O)O. The molecule has 0 fully saturated rings. The molecule has 7 aromatic rings. The van der Waals surface area contributed by atoms with Gasteiger partial charge in [0.25, 0.3) is 0 Å². The van der Waals surface area contributed by atoms with E-state index >= 15 is 0 Å². The molecule has 0 saturated heterocycles. The van der Waals surface area contributed by atoms with Gasteiger partial charge in [0.1, 0.15) is 5.82 Å². The van der Waals surface area contributed by atoms with Crippen molar-refractivity contribution in [3.8, 4) is 22.5 Å². The van der Waals surface area contributed by atoms with Crippen molar-refractivity contribution in [3.63, 3.8) is 0 Å². The van der Waals surface area contributed by atoms with Crippen molar-refractivity contribution in [2.24, 2.45) is 0 Å². The quantitative estimate of drug-likeness (QED) is 0.131. The Labute approximate surface area is 297 Å². The lowest BCUT2D eigenvalue weighted by molar-refractivity contribution is 0.0685. The summed E-state index contributed by atoms with van der Waals surface area (Å²) in [5.74, 6) is 0.238. The van der Waals surface area contributed by atoms with Crippen LogP contribution in [-0.4, -0.2) is 40.8 Å². The van der Waals surface area contributed by atoms with E-state index in [0.29, 0.717) is 30.1 Å². The molecule has 0 aliphatic rings. The third kappa shape index (κ3) is 6.16. The van der Waals surface area contributed by atoms with Crippen molar-refractivity contribution in [2.45, 2.75) is 38.8 Å². The highest BCUT2D eigenvalue weighted by Gasteiger charge is 2.41. The summed E-state index contributed by atoms with van der Waals surface area (Å²) < 4.78 is 1.81. The number of benzene rings is 5. The van der Waals surface area contributed by atoms with Crippen LogP contribution in [0.2, 0.25) is 0 Å². The first-order valence-electron chi connectivity index (χ1n) is 17.1. The van der Waals surface area contributed by atoms with Crippen molar-refractivity contribution in [2.75, 3.05) is 0 Å². The summed E-state index contributed by atoms with van der Waals surface area (Å²) in [7, 11) is 0. The number of aryl methyl sites for hydroxylation is 1. The molecule has 0 aliphatic heterocycles. The highest BCUT2D eigenvalue weighted by molar-refractivity contribution is 5.91. The van der Waals surface area contributed by atoms with Gasteiger partial charge in [-0.25, -0.2) is 9.78 Å². The van der Waals surface area contributed by atoms with E-state index in [9.17, 15) is 9.90 Å². The number of carboxylic acid groups (broad SMARTS) is 1. The first-order valence-corrected chi connectivity index (χ1v) is 17.1. The molecule has 8 nitrogen and oxygen atoms in total. The minimum Gasteiger partial charge on any atom is -0.477 e. The van der Waals surface area contributed by atoms with Gasteiger partial charge >= 0.3 is 5.97 Å². The number of hydrogen-bond donors (Lipinski definition) is 1. The molecule has 252 valence electrons. The fourth-order valence-corrected chi connectivity index (χ4v) is 6.85. The second-order valence-corrected chi connectivity index (χ2v) is 12.6. The van der Waals surface area contributed by atoms with Gasteiger partial charge in [0, 0.05) is 18.5 Å². The number of aromatic carboxylic acids is 1. The number of aromatic nitrogens is 6. The number of carboxylic acids is 1. The van der Waals surface area contributed by atoms with Crippen LogP contribution in [-0.2, 0) is 18.5 Å². The van der Waals surface area contributed by atoms with Crippen LogP contribution in [0.1, 0.15) is 64.5 Å². The highest BCUT2D eigenvalue weighted by atomic mass is 16.4. The minimum atomic E-state index is -1.01. The molecule has 2 aromatic heterocycles. The second-order valence-electron chi connectivity index (χ2n) is 12.6. The van der Waals surface area contributed by atoms with E-state index in [0.717, 1.165) is 51.2 Å². The Bertz CT molecular complexity index is 2200. The van der Waals surface area contributed by atoms with Crippen LogP contribution in [0.5, 0.6) is 0 Å². The summed E-state index contributed by atoms with van der Waals surface area (Å²) in [6, 6.07) is 47.1. The Morgan fingerprint density at radius 2 is 1.27 bits per heavy atom. The maximum absolute atomic E-state index is 12.4. The maximum atomic E-state index is 12.4. The van der Waals surface area contributed by atoms with Crippen molar-refractivity contribution >= 4 is 11.5 Å². The zero-order valence-electron chi connectivity index (χ0n) is 28.6.